The summed E-state index contributed by atoms with van der Waals surface area (Å²) in [7, 11) is 1.68. The number of benzene rings is 1. The summed E-state index contributed by atoms with van der Waals surface area (Å²) in [6.07, 6.45) is 0. The van der Waals surface area contributed by atoms with Crippen LogP contribution >= 0.6 is 28.1 Å². The molecule has 3 nitrogen and oxygen atoms in total. The zero-order chi connectivity index (χ0) is 13.7. The van der Waals surface area contributed by atoms with Gasteiger partial charge in [-0.15, -0.1) is 0 Å². The van der Waals surface area contributed by atoms with Gasteiger partial charge in [0.2, 0.25) is 0 Å². The van der Waals surface area contributed by atoms with Crippen LogP contribution in [-0.2, 0) is 6.54 Å². The molecule has 0 fully saturated rings. The lowest BCUT2D eigenvalue weighted by molar-refractivity contribution is 0.241. The minimum Gasteiger partial charge on any atom is -0.496 e. The lowest BCUT2D eigenvalue weighted by Crippen LogP contribution is -2.37. The van der Waals surface area contributed by atoms with E-state index in [1.165, 1.54) is 0 Å². The van der Waals surface area contributed by atoms with E-state index < -0.39 is 0 Å². The number of thiocarbonyl (C=S) groups is 1. The Labute approximate surface area is 122 Å². The second kappa shape index (κ2) is 7.07. The van der Waals surface area contributed by atoms with E-state index in [1.807, 2.05) is 12.1 Å². The van der Waals surface area contributed by atoms with Crippen LogP contribution in [0.15, 0.2) is 22.7 Å². The van der Waals surface area contributed by atoms with Crippen LogP contribution in [0.1, 0.15) is 19.4 Å². The van der Waals surface area contributed by atoms with Crippen LogP contribution in [0.2, 0.25) is 0 Å². The van der Waals surface area contributed by atoms with Crippen LogP contribution in [0, 0.1) is 0 Å². The monoisotopic (exact) mass is 330 g/mol. The summed E-state index contributed by atoms with van der Waals surface area (Å²) in [5.74, 6) is 0.881. The van der Waals surface area contributed by atoms with Crippen LogP contribution in [0.4, 0.5) is 0 Å². The normalized spacial score (nSPS) is 11.0. The van der Waals surface area contributed by atoms with Crippen molar-refractivity contribution in [1.29, 1.82) is 0 Å². The molecule has 0 spiro atoms. The molecule has 1 rings (SSSR count). The SMILES string of the molecule is COc1ccc(Br)cc1CN(CC(N)=S)C(C)C. The molecular weight excluding hydrogens is 312 g/mol. The molecule has 18 heavy (non-hydrogen) atoms. The standard InChI is InChI=1S/C13H19BrN2OS/c1-9(2)16(8-13(15)18)7-10-6-11(14)4-5-12(10)17-3/h4-6,9H,7-8H2,1-3H3,(H2,15,18). The zero-order valence-electron chi connectivity index (χ0n) is 10.9. The van der Waals surface area contributed by atoms with Gasteiger partial charge in [0.25, 0.3) is 0 Å². The van der Waals surface area contributed by atoms with E-state index in [-0.39, 0.29) is 0 Å². The second-order valence-electron chi connectivity index (χ2n) is 4.42. The van der Waals surface area contributed by atoms with Crippen LogP contribution < -0.4 is 10.5 Å². The number of methoxy groups -OCH3 is 1. The molecule has 0 aromatic heterocycles. The Hall–Kier alpha value is -0.650. The highest BCUT2D eigenvalue weighted by atomic mass is 79.9. The summed E-state index contributed by atoms with van der Waals surface area (Å²) < 4.78 is 6.41. The first-order valence-corrected chi connectivity index (χ1v) is 6.99. The van der Waals surface area contributed by atoms with Crippen molar-refractivity contribution in [3.05, 3.63) is 28.2 Å². The maximum atomic E-state index is 5.63. The quantitative estimate of drug-likeness (QED) is 0.814. The van der Waals surface area contributed by atoms with Gasteiger partial charge in [0.15, 0.2) is 0 Å². The third-order valence-electron chi connectivity index (χ3n) is 2.71. The lowest BCUT2D eigenvalue weighted by atomic mass is 10.1. The van der Waals surface area contributed by atoms with Crippen molar-refractivity contribution in [1.82, 2.24) is 4.90 Å². The maximum Gasteiger partial charge on any atom is 0.123 e. The van der Waals surface area contributed by atoms with Gasteiger partial charge < -0.3 is 10.5 Å². The minimum absolute atomic E-state index is 0.371. The predicted molar refractivity (Wildman–Crippen MR) is 83.0 cm³/mol. The topological polar surface area (TPSA) is 38.5 Å². The van der Waals surface area contributed by atoms with Gasteiger partial charge in [-0.2, -0.15) is 0 Å². The molecule has 0 aliphatic carbocycles. The summed E-state index contributed by atoms with van der Waals surface area (Å²) in [6, 6.07) is 6.36. The van der Waals surface area contributed by atoms with Gasteiger partial charge in [0, 0.05) is 29.2 Å². The minimum atomic E-state index is 0.371. The average Bonchev–Trinajstić information content (AvgIpc) is 2.27. The van der Waals surface area contributed by atoms with Crippen LogP contribution in [0.5, 0.6) is 5.75 Å². The summed E-state index contributed by atoms with van der Waals surface area (Å²) >= 11 is 8.47. The molecular formula is C13H19BrN2OS. The van der Waals surface area contributed by atoms with Gasteiger partial charge in [-0.1, -0.05) is 28.1 Å². The molecule has 1 aromatic rings. The Balaban J connectivity index is 2.92. The van der Waals surface area contributed by atoms with Crippen LogP contribution in [0.25, 0.3) is 0 Å². The third kappa shape index (κ3) is 4.55. The molecule has 0 saturated heterocycles. The largest absolute Gasteiger partial charge is 0.496 e. The second-order valence-corrected chi connectivity index (χ2v) is 5.86. The highest BCUT2D eigenvalue weighted by molar-refractivity contribution is 9.10. The van der Waals surface area contributed by atoms with Gasteiger partial charge in [-0.3, -0.25) is 4.90 Å². The Kier molecular flexibility index (Phi) is 6.05. The third-order valence-corrected chi connectivity index (χ3v) is 3.33. The molecule has 0 heterocycles. The first kappa shape index (κ1) is 15.4. The molecule has 0 bridgehead atoms. The number of nitrogens with zero attached hydrogens (tertiary/aromatic N) is 1. The molecule has 1 aromatic carbocycles. The Morgan fingerprint density at radius 3 is 2.67 bits per heavy atom. The van der Waals surface area contributed by atoms with Crippen molar-refractivity contribution in [2.45, 2.75) is 26.4 Å². The number of halogens is 1. The Morgan fingerprint density at radius 1 is 1.50 bits per heavy atom. The molecule has 0 saturated carbocycles. The fourth-order valence-corrected chi connectivity index (χ4v) is 2.29. The van der Waals surface area contributed by atoms with Crippen molar-refractivity contribution in [3.8, 4) is 5.75 Å². The summed E-state index contributed by atoms with van der Waals surface area (Å²) in [6.45, 7) is 5.63. The summed E-state index contributed by atoms with van der Waals surface area (Å²) in [5.41, 5.74) is 6.76. The van der Waals surface area contributed by atoms with Gasteiger partial charge >= 0.3 is 0 Å². The number of hydrogen-bond acceptors (Lipinski definition) is 3. The van der Waals surface area contributed by atoms with Gasteiger partial charge in [0.05, 0.1) is 12.1 Å². The van der Waals surface area contributed by atoms with Crippen molar-refractivity contribution in [2.24, 2.45) is 5.73 Å². The fraction of sp³-hybridized carbons (Fsp3) is 0.462. The predicted octanol–water partition coefficient (Wildman–Crippen LogP) is 2.95. The number of hydrogen-bond donors (Lipinski definition) is 1. The zero-order valence-corrected chi connectivity index (χ0v) is 13.3. The van der Waals surface area contributed by atoms with Crippen LogP contribution in [0.3, 0.4) is 0 Å². The van der Waals surface area contributed by atoms with Crippen molar-refractivity contribution in [3.63, 3.8) is 0 Å². The lowest BCUT2D eigenvalue weighted by Gasteiger charge is -2.26. The molecule has 5 heteroatoms. The van der Waals surface area contributed by atoms with Gasteiger partial charge in [-0.25, -0.2) is 0 Å². The van der Waals surface area contributed by atoms with E-state index in [4.69, 9.17) is 22.7 Å². The first-order chi connectivity index (χ1) is 8.43. The summed E-state index contributed by atoms with van der Waals surface area (Å²) in [5, 5.41) is 0. The van der Waals surface area contributed by atoms with Crippen molar-refractivity contribution in [2.75, 3.05) is 13.7 Å². The highest BCUT2D eigenvalue weighted by Crippen LogP contribution is 2.24. The molecule has 0 aliphatic heterocycles. The van der Waals surface area contributed by atoms with E-state index in [1.54, 1.807) is 7.11 Å². The highest BCUT2D eigenvalue weighted by Gasteiger charge is 2.14. The molecule has 0 unspecified atom stereocenters. The molecule has 100 valence electrons. The Morgan fingerprint density at radius 2 is 2.17 bits per heavy atom. The smallest absolute Gasteiger partial charge is 0.123 e. The molecule has 0 aliphatic rings. The van der Waals surface area contributed by atoms with E-state index in [9.17, 15) is 0 Å². The van der Waals surface area contributed by atoms with E-state index in [0.717, 1.165) is 22.3 Å². The van der Waals surface area contributed by atoms with Gasteiger partial charge in [-0.05, 0) is 32.0 Å². The average molecular weight is 331 g/mol. The number of nitrogens with two attached hydrogens (primary N) is 1. The molecule has 0 radical (unpaired) electrons. The van der Waals surface area contributed by atoms with Crippen molar-refractivity contribution < 1.29 is 4.74 Å². The number of ether oxygens (including phenoxy) is 1. The molecule has 2 N–H and O–H groups in total. The van der Waals surface area contributed by atoms with E-state index >= 15 is 0 Å². The fourth-order valence-electron chi connectivity index (χ4n) is 1.71. The molecule has 0 amide bonds. The van der Waals surface area contributed by atoms with Gasteiger partial charge in [0.1, 0.15) is 5.75 Å². The summed E-state index contributed by atoms with van der Waals surface area (Å²) in [4.78, 5) is 2.73. The van der Waals surface area contributed by atoms with Crippen molar-refractivity contribution >= 4 is 33.1 Å². The Bertz CT molecular complexity index is 423. The van der Waals surface area contributed by atoms with E-state index in [2.05, 4.69) is 40.7 Å². The van der Waals surface area contributed by atoms with Crippen LogP contribution in [-0.4, -0.2) is 29.6 Å². The van der Waals surface area contributed by atoms with E-state index in [0.29, 0.717) is 17.6 Å². The molecule has 0 atom stereocenters. The maximum absolute atomic E-state index is 5.63. The first-order valence-electron chi connectivity index (χ1n) is 5.78. The number of rotatable bonds is 6.